The maximum absolute atomic E-state index is 8.65. The molecule has 0 atom stereocenters. The maximum atomic E-state index is 8.65. The average molecular weight is 141 g/mol. The first-order valence-electron chi connectivity index (χ1n) is 2.92. The van der Waals surface area contributed by atoms with Crippen LogP contribution in [0.5, 0.6) is 0 Å². The molecule has 0 spiro atoms. The molecule has 0 aliphatic carbocycles. The van der Waals surface area contributed by atoms with Crippen molar-refractivity contribution in [2.24, 2.45) is 0 Å². The molecule has 0 saturated heterocycles. The van der Waals surface area contributed by atoms with Crippen LogP contribution in [0.2, 0.25) is 0 Å². The van der Waals surface area contributed by atoms with Gasteiger partial charge in [-0.25, -0.2) is 0 Å². The van der Waals surface area contributed by atoms with E-state index in [9.17, 15) is 0 Å². The molecule has 5 heteroatoms. The predicted octanol–water partition coefficient (Wildman–Crippen LogP) is -1.03. The van der Waals surface area contributed by atoms with Gasteiger partial charge in [-0.1, -0.05) is 5.16 Å². The fourth-order valence-corrected chi connectivity index (χ4v) is 0.676. The van der Waals surface area contributed by atoms with Crippen LogP contribution < -0.4 is 5.59 Å². The Bertz CT molecular complexity index is 233. The Labute approximate surface area is 58.6 Å². The highest BCUT2D eigenvalue weighted by Crippen LogP contribution is 2.00. The quantitative estimate of drug-likeness (QED) is 0.490. The van der Waals surface area contributed by atoms with Crippen LogP contribution in [0.1, 0.15) is 11.3 Å². The zero-order valence-electron chi connectivity index (χ0n) is 5.83. The lowest BCUT2D eigenvalue weighted by Gasteiger charge is -1.90. The molecule has 0 fully saturated rings. The molecule has 0 unspecified atom stereocenters. The highest BCUT2D eigenvalue weighted by molar-refractivity contribution is 6.58. The van der Waals surface area contributed by atoms with Crippen LogP contribution >= 0.6 is 0 Å². The minimum Gasteiger partial charge on any atom is -0.422 e. The molecule has 1 aromatic heterocycles. The molecule has 0 radical (unpaired) electrons. The second-order valence-electron chi connectivity index (χ2n) is 2.12. The first-order valence-corrected chi connectivity index (χ1v) is 2.92. The second kappa shape index (κ2) is 2.44. The van der Waals surface area contributed by atoms with Gasteiger partial charge in [-0.2, -0.15) is 0 Å². The van der Waals surface area contributed by atoms with Crippen molar-refractivity contribution >= 4 is 12.7 Å². The largest absolute Gasteiger partial charge is 0.512 e. The third-order valence-corrected chi connectivity index (χ3v) is 1.44. The van der Waals surface area contributed by atoms with E-state index in [1.54, 1.807) is 13.8 Å². The number of hydrogen-bond acceptors (Lipinski definition) is 4. The standard InChI is InChI=1S/C5H8BNO3/c1-3-4(2)10-7-5(3)6(8)9/h8-9H,1-2H3. The van der Waals surface area contributed by atoms with Crippen LogP contribution in [-0.2, 0) is 0 Å². The zero-order chi connectivity index (χ0) is 7.72. The van der Waals surface area contributed by atoms with Crippen molar-refractivity contribution in [3.8, 4) is 0 Å². The van der Waals surface area contributed by atoms with Crippen LogP contribution in [-0.4, -0.2) is 22.3 Å². The zero-order valence-corrected chi connectivity index (χ0v) is 5.83. The van der Waals surface area contributed by atoms with Gasteiger partial charge in [-0.15, -0.1) is 0 Å². The monoisotopic (exact) mass is 141 g/mol. The summed E-state index contributed by atoms with van der Waals surface area (Å²) in [6.07, 6.45) is 0. The Morgan fingerprint density at radius 1 is 1.40 bits per heavy atom. The lowest BCUT2D eigenvalue weighted by atomic mass is 9.83. The van der Waals surface area contributed by atoms with E-state index < -0.39 is 7.12 Å². The summed E-state index contributed by atoms with van der Waals surface area (Å²) in [5.74, 6) is 0.614. The highest BCUT2D eigenvalue weighted by Gasteiger charge is 2.20. The number of rotatable bonds is 1. The number of aromatic nitrogens is 1. The van der Waals surface area contributed by atoms with Crippen LogP contribution in [0, 0.1) is 13.8 Å². The first kappa shape index (κ1) is 7.30. The SMILES string of the molecule is Cc1onc(B(O)O)c1C. The Balaban J connectivity index is 3.05. The van der Waals surface area contributed by atoms with E-state index in [2.05, 4.69) is 9.68 Å². The summed E-state index contributed by atoms with van der Waals surface area (Å²) in [5, 5.41) is 20.7. The van der Waals surface area contributed by atoms with Crippen molar-refractivity contribution in [3.05, 3.63) is 11.3 Å². The molecular weight excluding hydrogens is 133 g/mol. The summed E-state index contributed by atoms with van der Waals surface area (Å²) >= 11 is 0. The average Bonchev–Trinajstić information content (AvgIpc) is 2.14. The number of aryl methyl sites for hydroxylation is 1. The summed E-state index contributed by atoms with van der Waals surface area (Å²) in [4.78, 5) is 0. The fourth-order valence-electron chi connectivity index (χ4n) is 0.676. The molecule has 1 aromatic rings. The van der Waals surface area contributed by atoms with E-state index in [0.29, 0.717) is 11.3 Å². The molecule has 0 aliphatic rings. The molecule has 0 aromatic carbocycles. The summed E-state index contributed by atoms with van der Waals surface area (Å²) in [7, 11) is -1.53. The third kappa shape index (κ3) is 1.05. The van der Waals surface area contributed by atoms with Crippen molar-refractivity contribution in [2.45, 2.75) is 13.8 Å². The third-order valence-electron chi connectivity index (χ3n) is 1.44. The van der Waals surface area contributed by atoms with Crippen LogP contribution in [0.4, 0.5) is 0 Å². The molecule has 54 valence electrons. The molecule has 0 bridgehead atoms. The molecule has 0 saturated carbocycles. The molecule has 10 heavy (non-hydrogen) atoms. The number of nitrogens with zero attached hydrogens (tertiary/aromatic N) is 1. The summed E-state index contributed by atoms with van der Waals surface area (Å²) < 4.78 is 4.69. The second-order valence-corrected chi connectivity index (χ2v) is 2.12. The Morgan fingerprint density at radius 3 is 2.20 bits per heavy atom. The Hall–Kier alpha value is -0.805. The van der Waals surface area contributed by atoms with E-state index in [-0.39, 0.29) is 5.59 Å². The maximum Gasteiger partial charge on any atom is 0.512 e. The van der Waals surface area contributed by atoms with Gasteiger partial charge in [0.2, 0.25) is 0 Å². The van der Waals surface area contributed by atoms with Crippen LogP contribution in [0.15, 0.2) is 4.52 Å². The highest BCUT2D eigenvalue weighted by atomic mass is 16.5. The van der Waals surface area contributed by atoms with E-state index in [0.717, 1.165) is 0 Å². The van der Waals surface area contributed by atoms with Gasteiger partial charge in [0.1, 0.15) is 11.4 Å². The minimum absolute atomic E-state index is 0.192. The van der Waals surface area contributed by atoms with E-state index in [1.165, 1.54) is 0 Å². The molecule has 1 rings (SSSR count). The number of hydrogen-bond donors (Lipinski definition) is 2. The molecular formula is C5H8BNO3. The van der Waals surface area contributed by atoms with E-state index >= 15 is 0 Å². The van der Waals surface area contributed by atoms with E-state index in [4.69, 9.17) is 10.0 Å². The van der Waals surface area contributed by atoms with Crippen molar-refractivity contribution < 1.29 is 14.6 Å². The molecule has 2 N–H and O–H groups in total. The van der Waals surface area contributed by atoms with Gasteiger partial charge in [-0.3, -0.25) is 0 Å². The van der Waals surface area contributed by atoms with Gasteiger partial charge in [-0.05, 0) is 13.8 Å². The first-order chi connectivity index (χ1) is 4.63. The molecule has 0 aliphatic heterocycles. The Kier molecular flexibility index (Phi) is 1.78. The van der Waals surface area contributed by atoms with Crippen molar-refractivity contribution in [1.29, 1.82) is 0 Å². The molecule has 4 nitrogen and oxygen atoms in total. The summed E-state index contributed by atoms with van der Waals surface area (Å²) in [5.41, 5.74) is 0.882. The molecule has 1 heterocycles. The van der Waals surface area contributed by atoms with Crippen LogP contribution in [0.3, 0.4) is 0 Å². The topological polar surface area (TPSA) is 66.5 Å². The smallest absolute Gasteiger partial charge is 0.422 e. The van der Waals surface area contributed by atoms with Gasteiger partial charge in [0.15, 0.2) is 0 Å². The summed E-state index contributed by atoms with van der Waals surface area (Å²) in [6, 6.07) is 0. The van der Waals surface area contributed by atoms with Gasteiger partial charge >= 0.3 is 7.12 Å². The fraction of sp³-hybridized carbons (Fsp3) is 0.400. The van der Waals surface area contributed by atoms with Gasteiger partial charge in [0.25, 0.3) is 0 Å². The minimum atomic E-state index is -1.53. The van der Waals surface area contributed by atoms with Gasteiger partial charge in [0, 0.05) is 5.56 Å². The van der Waals surface area contributed by atoms with E-state index in [1.807, 2.05) is 0 Å². The lowest BCUT2D eigenvalue weighted by Crippen LogP contribution is -2.32. The van der Waals surface area contributed by atoms with Crippen LogP contribution in [0.25, 0.3) is 0 Å². The normalized spacial score (nSPS) is 10.0. The Morgan fingerprint density at radius 2 is 2.00 bits per heavy atom. The van der Waals surface area contributed by atoms with Crippen molar-refractivity contribution in [3.63, 3.8) is 0 Å². The lowest BCUT2D eigenvalue weighted by molar-refractivity contribution is 0.389. The van der Waals surface area contributed by atoms with Crippen molar-refractivity contribution in [2.75, 3.05) is 0 Å². The summed E-state index contributed by atoms with van der Waals surface area (Å²) in [6.45, 7) is 3.44. The van der Waals surface area contributed by atoms with Crippen molar-refractivity contribution in [1.82, 2.24) is 5.16 Å². The molecule has 0 amide bonds. The predicted molar refractivity (Wildman–Crippen MR) is 35.8 cm³/mol. The van der Waals surface area contributed by atoms with Gasteiger partial charge in [0.05, 0.1) is 0 Å². The van der Waals surface area contributed by atoms with Gasteiger partial charge < -0.3 is 14.6 Å².